The van der Waals surface area contributed by atoms with E-state index in [1.807, 2.05) is 57.5 Å². The molecule has 0 aromatic carbocycles. The smallest absolute Gasteiger partial charge is 0.311 e. The molecule has 0 aromatic heterocycles. The Morgan fingerprint density at radius 2 is 1.59 bits per heavy atom. The molecule has 4 aliphatic carbocycles. The Morgan fingerprint density at radius 3 is 2.23 bits per heavy atom. The Bertz CT molecular complexity index is 2270. The second-order valence-corrected chi connectivity index (χ2v) is 27.5. The zero-order valence-corrected chi connectivity index (χ0v) is 51.6. The second-order valence-electron chi connectivity index (χ2n) is 27.5. The molecule has 26 atom stereocenters. The molecule has 3 saturated heterocycles. The minimum absolute atomic E-state index is 0.0783. The van der Waals surface area contributed by atoms with Crippen LogP contribution in [0.1, 0.15) is 155 Å². The summed E-state index contributed by atoms with van der Waals surface area (Å²) < 4.78 is 56.3. The van der Waals surface area contributed by atoms with Crippen molar-refractivity contribution in [2.24, 2.45) is 52.3 Å². The lowest BCUT2D eigenvalue weighted by Gasteiger charge is -2.61. The van der Waals surface area contributed by atoms with E-state index in [1.165, 1.54) is 20.1 Å². The van der Waals surface area contributed by atoms with Gasteiger partial charge in [0.15, 0.2) is 24.0 Å². The predicted molar refractivity (Wildman–Crippen MR) is 302 cm³/mol. The van der Waals surface area contributed by atoms with Crippen molar-refractivity contribution in [2.75, 3.05) is 40.3 Å². The van der Waals surface area contributed by atoms with Crippen LogP contribution >= 0.6 is 0 Å². The lowest BCUT2D eigenvalue weighted by atomic mass is 9.46. The largest absolute Gasteiger partial charge is 0.459 e. The molecule has 7 aliphatic rings. The first kappa shape index (κ1) is 66.0. The number of nitrogens with zero attached hydrogens (tertiary/aromatic N) is 2. The van der Waals surface area contributed by atoms with E-state index in [0.717, 1.165) is 0 Å². The topological polar surface area (TPSA) is 246 Å². The van der Waals surface area contributed by atoms with Crippen molar-refractivity contribution in [2.45, 2.75) is 257 Å². The molecular weight excluding hydrogens is 1050 g/mol. The van der Waals surface area contributed by atoms with Gasteiger partial charge in [-0.15, -0.1) is 0 Å². The Balaban J connectivity index is 1.15. The molecule has 18 nitrogen and oxygen atoms in total. The van der Waals surface area contributed by atoms with Crippen molar-refractivity contribution in [3.63, 3.8) is 0 Å². The molecule has 2 unspecified atom stereocenters. The lowest BCUT2D eigenvalue weighted by molar-refractivity contribution is -0.318. The number of allylic oxidation sites excluding steroid dienone is 4. The molecule has 0 bridgehead atoms. The van der Waals surface area contributed by atoms with Crippen LogP contribution in [0.5, 0.6) is 0 Å². The molecule has 3 aliphatic heterocycles. The molecule has 3 heterocycles. The number of aliphatic hydroxyl groups is 6. The van der Waals surface area contributed by atoms with E-state index in [1.54, 1.807) is 61.5 Å². The molecule has 19 heteroatoms. The molecule has 7 N–H and O–H groups in total. The summed E-state index contributed by atoms with van der Waals surface area (Å²) in [5.41, 5.74) is -7.89. The number of fused-ring (bicyclic) bond motifs is 5. The quantitative estimate of drug-likeness (QED) is 0.0693. The summed E-state index contributed by atoms with van der Waals surface area (Å²) in [6.45, 7) is 26.8. The van der Waals surface area contributed by atoms with E-state index >= 15 is 4.39 Å². The lowest BCUT2D eigenvalue weighted by Crippen LogP contribution is -2.66. The fourth-order valence-electron chi connectivity index (χ4n) is 16.7. The van der Waals surface area contributed by atoms with Gasteiger partial charge in [-0.05, 0) is 143 Å². The van der Waals surface area contributed by atoms with Crippen LogP contribution in [-0.4, -0.2) is 201 Å². The van der Waals surface area contributed by atoms with Gasteiger partial charge in [-0.2, -0.15) is 0 Å². The highest BCUT2D eigenvalue weighted by molar-refractivity contribution is 5.93. The van der Waals surface area contributed by atoms with E-state index in [9.17, 15) is 45.0 Å². The molecule has 0 radical (unpaired) electrons. The number of halogens is 1. The first-order valence-corrected chi connectivity index (χ1v) is 30.5. The van der Waals surface area contributed by atoms with Crippen LogP contribution in [0.4, 0.5) is 4.39 Å². The number of nitrogens with one attached hydrogen (secondary N) is 1. The maximum Gasteiger partial charge on any atom is 0.311 e. The average molecular weight is 1150 g/mol. The monoisotopic (exact) mass is 1150 g/mol. The van der Waals surface area contributed by atoms with Gasteiger partial charge in [0.25, 0.3) is 0 Å². The van der Waals surface area contributed by atoms with Crippen LogP contribution in [0.15, 0.2) is 23.8 Å². The summed E-state index contributed by atoms with van der Waals surface area (Å²) >= 11 is 0. The Hall–Kier alpha value is -2.50. The zero-order valence-electron chi connectivity index (χ0n) is 51.6. The number of ketones is 1. The van der Waals surface area contributed by atoms with Gasteiger partial charge in [-0.25, -0.2) is 4.39 Å². The molecule has 5 fully saturated rings. The van der Waals surface area contributed by atoms with Crippen LogP contribution in [0.3, 0.4) is 0 Å². The van der Waals surface area contributed by atoms with E-state index in [4.69, 9.17) is 28.4 Å². The van der Waals surface area contributed by atoms with Gasteiger partial charge in [-0.3, -0.25) is 19.3 Å². The van der Waals surface area contributed by atoms with Crippen molar-refractivity contribution in [1.29, 1.82) is 0 Å². The number of carbonyl (C=O) groups excluding carboxylic acids is 3. The summed E-state index contributed by atoms with van der Waals surface area (Å²) in [6, 6.07) is -1.08. The van der Waals surface area contributed by atoms with Gasteiger partial charge in [-0.1, -0.05) is 59.3 Å². The number of aliphatic hydroxyl groups excluding tert-OH is 4. The number of esters is 1. The fraction of sp³-hybridized carbons (Fsp3) is 0.887. The van der Waals surface area contributed by atoms with E-state index < -0.39 is 130 Å². The highest BCUT2D eigenvalue weighted by Crippen LogP contribution is 2.69. The van der Waals surface area contributed by atoms with E-state index in [0.29, 0.717) is 50.9 Å². The third-order valence-electron chi connectivity index (χ3n) is 21.6. The highest BCUT2D eigenvalue weighted by Gasteiger charge is 2.71. The van der Waals surface area contributed by atoms with E-state index in [2.05, 4.69) is 5.32 Å². The molecule has 7 rings (SSSR count). The van der Waals surface area contributed by atoms with Gasteiger partial charge in [0.2, 0.25) is 5.91 Å². The number of alkyl halides is 1. The minimum atomic E-state index is -2.00. The van der Waals surface area contributed by atoms with E-state index in [-0.39, 0.29) is 80.2 Å². The van der Waals surface area contributed by atoms with Crippen molar-refractivity contribution in [3.8, 4) is 0 Å². The number of carbonyl (C=O) groups is 3. The third-order valence-corrected chi connectivity index (χ3v) is 21.6. The van der Waals surface area contributed by atoms with Crippen LogP contribution in [0.2, 0.25) is 0 Å². The second kappa shape index (κ2) is 25.1. The van der Waals surface area contributed by atoms with Crippen molar-refractivity contribution < 1.29 is 77.8 Å². The highest BCUT2D eigenvalue weighted by atomic mass is 19.1. The van der Waals surface area contributed by atoms with Crippen LogP contribution < -0.4 is 5.32 Å². The Labute approximate surface area is 482 Å². The number of hydrogen-bond donors (Lipinski definition) is 7. The van der Waals surface area contributed by atoms with Crippen LogP contribution in [0.25, 0.3) is 0 Å². The van der Waals surface area contributed by atoms with Crippen molar-refractivity contribution in [3.05, 3.63) is 23.8 Å². The van der Waals surface area contributed by atoms with Gasteiger partial charge >= 0.3 is 5.97 Å². The molecule has 81 heavy (non-hydrogen) atoms. The summed E-state index contributed by atoms with van der Waals surface area (Å²) in [7, 11) is 3.42. The maximum atomic E-state index is 17.9. The number of methoxy groups -OCH3 is 1. The van der Waals surface area contributed by atoms with Crippen LogP contribution in [-0.2, 0) is 42.8 Å². The van der Waals surface area contributed by atoms with Gasteiger partial charge < -0.3 is 69.3 Å². The predicted octanol–water partition coefficient (Wildman–Crippen LogP) is 5.40. The first-order valence-electron chi connectivity index (χ1n) is 30.5. The third kappa shape index (κ3) is 12.4. The SMILES string of the molecule is CC[C@H]1OC(=O)[C@H](C)[C@@H](O[C@H]2C[C@@](C)(OC)[C@@H](O)[C@H](C)O2)[C@H](C)[C@@H](O[C@@H]2O[C@H](C)C[C@H](N(C)CC)[C@H]2O)[C@](C)(O)C[C@@H](C)CN(CCCNC(=O)[C@H]2[C@H](C)CC3C4CC=C5CC(=O)C=C[C@]5(C)[C@@]4(F)[C@@H](O)C[C@@]32C)[C@H](C)[C@@H](O)[C@]1(C)O. The minimum Gasteiger partial charge on any atom is -0.459 e. The normalized spacial score (nSPS) is 49.4. The number of likely N-dealkylation sites (N-methyl/N-ethyl adjacent to an activating group) is 1. The molecule has 0 aromatic rings. The molecule has 0 spiro atoms. The Morgan fingerprint density at radius 1 is 0.914 bits per heavy atom. The number of ether oxygens (including phenoxy) is 6. The number of amides is 1. The van der Waals surface area contributed by atoms with Gasteiger partial charge in [0, 0.05) is 74.8 Å². The zero-order chi connectivity index (χ0) is 60.3. The van der Waals surface area contributed by atoms with Gasteiger partial charge in [0.05, 0.1) is 47.6 Å². The standard InChI is InChI=1S/C62H104FN3O15/c1-17-46-61(14,75)51(70)38(8)66(25-19-24-64-54(72)48-34(4)26-43-42-21-20-40-28-41(67)22-23-58(40,11)62(42,63)45(68)30-57(43,48)10)32-33(3)29-59(12,74)53(81-56-49(69)44(65(15)18-2)27-35(5)77-56)36(6)50(37(7)55(73)79-46)80-47-31-60(13,76-16)52(71)39(9)78-47/h20,22-23,33-39,42-53,56,68-71,74-75H,17-19,21,24-32H2,1-16H3,(H,64,72)/t33-,34-,35-,36+,37-,38-,39+,42?,43?,44+,45+,46-,47+,48-,49-,50+,51-,52+,53-,56+,57+,58+,59-,60-,61-,62+/m1/s1. The summed E-state index contributed by atoms with van der Waals surface area (Å²) in [4.78, 5) is 45.8. The van der Waals surface area contributed by atoms with Crippen molar-refractivity contribution >= 4 is 17.7 Å². The van der Waals surface area contributed by atoms with Crippen molar-refractivity contribution in [1.82, 2.24) is 15.1 Å². The van der Waals surface area contributed by atoms with Gasteiger partial charge in [0.1, 0.15) is 30.0 Å². The van der Waals surface area contributed by atoms with Crippen LogP contribution in [0, 0.1) is 52.3 Å². The molecular formula is C62H104FN3O15. The number of cyclic esters (lactones) is 1. The summed E-state index contributed by atoms with van der Waals surface area (Å²) in [6.07, 6.45) is -4.10. The number of hydrogen-bond acceptors (Lipinski definition) is 17. The maximum absolute atomic E-state index is 17.9. The number of rotatable bonds is 13. The first-order chi connectivity index (χ1) is 37.7. The molecule has 464 valence electrons. The molecule has 2 saturated carbocycles. The average Bonchev–Trinajstić information content (AvgIpc) is 2.34. The summed E-state index contributed by atoms with van der Waals surface area (Å²) in [5.74, 6) is -4.62. The Kier molecular flexibility index (Phi) is 20.4. The summed E-state index contributed by atoms with van der Waals surface area (Å²) in [5, 5.41) is 76.1. The fourth-order valence-corrected chi connectivity index (χ4v) is 16.7. The molecule has 1 amide bonds.